The second-order valence-electron chi connectivity index (χ2n) is 7.52. The molecule has 2 saturated heterocycles. The number of benzene rings is 1. The topological polar surface area (TPSA) is 63.2 Å². The smallest absolute Gasteiger partial charge is 0.224 e. The molecule has 2 bridgehead atoms. The van der Waals surface area contributed by atoms with Crippen molar-refractivity contribution in [2.75, 3.05) is 5.32 Å². The molecule has 5 nitrogen and oxygen atoms in total. The predicted octanol–water partition coefficient (Wildman–Crippen LogP) is 5.02. The molecule has 158 valence electrons. The molecule has 0 aliphatic carbocycles. The molecule has 0 saturated carbocycles. The van der Waals surface area contributed by atoms with Crippen LogP contribution in [0, 0.1) is 5.92 Å². The number of fused-ring (bicyclic) bond motifs is 2. The van der Waals surface area contributed by atoms with Crippen molar-refractivity contribution in [1.29, 1.82) is 0 Å². The first-order valence-corrected chi connectivity index (χ1v) is 9.90. The lowest BCUT2D eigenvalue weighted by atomic mass is 9.89. The van der Waals surface area contributed by atoms with Gasteiger partial charge in [0.25, 0.3) is 0 Å². The molecule has 2 fully saturated rings. The summed E-state index contributed by atoms with van der Waals surface area (Å²) in [5.74, 6) is 1.12. The number of rotatable bonds is 6. The van der Waals surface area contributed by atoms with Gasteiger partial charge in [0.2, 0.25) is 5.91 Å². The van der Waals surface area contributed by atoms with Gasteiger partial charge in [0.05, 0.1) is 5.02 Å². The number of halogens is 3. The standard InChI is InChI=1S/C21H24ClN3O2.2ClH/c22-19-11-18(5-6-20(19)27-13-14-2-1-7-23-12-14)25-21(26)10-15-8-16-3-4-17(9-15)24-16;;/h1-2,5-7,11-12,15-17,24H,3-4,8-10,13H2,(H,25,26);2*1H. The molecule has 1 amide bonds. The van der Waals surface area contributed by atoms with Gasteiger partial charge in [-0.3, -0.25) is 9.78 Å². The van der Waals surface area contributed by atoms with Crippen LogP contribution in [0.2, 0.25) is 5.02 Å². The molecule has 2 unspecified atom stereocenters. The van der Waals surface area contributed by atoms with E-state index in [0.29, 0.717) is 47.5 Å². The van der Waals surface area contributed by atoms with Crippen molar-refractivity contribution in [2.24, 2.45) is 5.92 Å². The van der Waals surface area contributed by atoms with Gasteiger partial charge < -0.3 is 15.4 Å². The highest BCUT2D eigenvalue weighted by atomic mass is 35.5. The van der Waals surface area contributed by atoms with Crippen LogP contribution in [0.15, 0.2) is 42.7 Å². The number of amides is 1. The van der Waals surface area contributed by atoms with E-state index in [1.165, 1.54) is 12.8 Å². The first-order valence-electron chi connectivity index (χ1n) is 9.53. The molecule has 4 rings (SSSR count). The zero-order valence-electron chi connectivity index (χ0n) is 16.0. The van der Waals surface area contributed by atoms with Crippen LogP contribution in [-0.4, -0.2) is 23.0 Å². The molecule has 1 aromatic carbocycles. The molecule has 0 spiro atoms. The van der Waals surface area contributed by atoms with Crippen LogP contribution >= 0.6 is 36.4 Å². The number of ether oxygens (including phenoxy) is 1. The Balaban J connectivity index is 0.00000150. The van der Waals surface area contributed by atoms with Gasteiger partial charge in [-0.1, -0.05) is 17.7 Å². The van der Waals surface area contributed by atoms with Gasteiger partial charge in [0, 0.05) is 42.1 Å². The minimum atomic E-state index is 0. The number of aromatic nitrogens is 1. The van der Waals surface area contributed by atoms with Gasteiger partial charge in [0.1, 0.15) is 12.4 Å². The van der Waals surface area contributed by atoms with E-state index in [1.54, 1.807) is 24.5 Å². The highest BCUT2D eigenvalue weighted by molar-refractivity contribution is 6.32. The average Bonchev–Trinajstić information content (AvgIpc) is 3.00. The number of hydrogen-bond donors (Lipinski definition) is 2. The van der Waals surface area contributed by atoms with E-state index in [2.05, 4.69) is 15.6 Å². The summed E-state index contributed by atoms with van der Waals surface area (Å²) in [5.41, 5.74) is 1.68. The van der Waals surface area contributed by atoms with E-state index in [4.69, 9.17) is 16.3 Å². The van der Waals surface area contributed by atoms with E-state index >= 15 is 0 Å². The molecule has 2 aromatic rings. The number of nitrogens with one attached hydrogen (secondary N) is 2. The van der Waals surface area contributed by atoms with Crippen molar-refractivity contribution < 1.29 is 9.53 Å². The Bertz CT molecular complexity index is 795. The highest BCUT2D eigenvalue weighted by Crippen LogP contribution is 2.33. The summed E-state index contributed by atoms with van der Waals surface area (Å²) in [6.45, 7) is 0.400. The fraction of sp³-hybridized carbons (Fsp3) is 0.429. The van der Waals surface area contributed by atoms with E-state index in [1.807, 2.05) is 18.2 Å². The number of carbonyl (C=O) groups is 1. The predicted molar refractivity (Wildman–Crippen MR) is 120 cm³/mol. The largest absolute Gasteiger partial charge is 0.487 e. The lowest BCUT2D eigenvalue weighted by Gasteiger charge is -2.28. The minimum Gasteiger partial charge on any atom is -0.487 e. The SMILES string of the molecule is Cl.Cl.O=C(CC1CC2CCC(C1)N2)Nc1ccc(OCc2cccnc2)c(Cl)c1. The summed E-state index contributed by atoms with van der Waals surface area (Å²) >= 11 is 6.32. The Kier molecular flexibility index (Phi) is 9.03. The van der Waals surface area contributed by atoms with Gasteiger partial charge in [0.15, 0.2) is 0 Å². The zero-order chi connectivity index (χ0) is 18.6. The Labute approximate surface area is 188 Å². The summed E-state index contributed by atoms with van der Waals surface area (Å²) in [7, 11) is 0. The summed E-state index contributed by atoms with van der Waals surface area (Å²) < 4.78 is 5.74. The lowest BCUT2D eigenvalue weighted by molar-refractivity contribution is -0.117. The molecule has 2 aliphatic rings. The summed E-state index contributed by atoms with van der Waals surface area (Å²) in [6, 6.07) is 10.4. The maximum atomic E-state index is 12.4. The second-order valence-corrected chi connectivity index (χ2v) is 7.93. The molecule has 0 radical (unpaired) electrons. The van der Waals surface area contributed by atoms with E-state index in [-0.39, 0.29) is 30.7 Å². The van der Waals surface area contributed by atoms with E-state index < -0.39 is 0 Å². The first-order chi connectivity index (χ1) is 13.2. The summed E-state index contributed by atoms with van der Waals surface area (Å²) in [6.07, 6.45) is 8.76. The van der Waals surface area contributed by atoms with Crippen molar-refractivity contribution >= 4 is 48.0 Å². The Hall–Kier alpha value is -1.53. The third-order valence-corrected chi connectivity index (χ3v) is 5.67. The Morgan fingerprint density at radius 1 is 1.21 bits per heavy atom. The molecule has 3 heterocycles. The Morgan fingerprint density at radius 2 is 1.97 bits per heavy atom. The first kappa shape index (κ1) is 23.7. The minimum absolute atomic E-state index is 0. The van der Waals surface area contributed by atoms with Crippen LogP contribution in [-0.2, 0) is 11.4 Å². The Morgan fingerprint density at radius 3 is 2.62 bits per heavy atom. The van der Waals surface area contributed by atoms with Crippen LogP contribution in [0.1, 0.15) is 37.7 Å². The van der Waals surface area contributed by atoms with Gasteiger partial charge in [-0.05, 0) is 55.9 Å². The maximum absolute atomic E-state index is 12.4. The molecule has 2 atom stereocenters. The van der Waals surface area contributed by atoms with Crippen molar-refractivity contribution in [2.45, 2.75) is 50.8 Å². The quantitative estimate of drug-likeness (QED) is 0.638. The monoisotopic (exact) mass is 457 g/mol. The normalized spacial score (nSPS) is 22.2. The number of anilines is 1. The van der Waals surface area contributed by atoms with Gasteiger partial charge >= 0.3 is 0 Å². The third kappa shape index (κ3) is 6.48. The van der Waals surface area contributed by atoms with Crippen LogP contribution in [0.3, 0.4) is 0 Å². The van der Waals surface area contributed by atoms with Crippen LogP contribution < -0.4 is 15.4 Å². The van der Waals surface area contributed by atoms with Crippen LogP contribution in [0.4, 0.5) is 5.69 Å². The molecule has 2 N–H and O–H groups in total. The van der Waals surface area contributed by atoms with Crippen LogP contribution in [0.5, 0.6) is 5.75 Å². The number of pyridine rings is 1. The highest BCUT2D eigenvalue weighted by Gasteiger charge is 2.34. The number of carbonyl (C=O) groups excluding carboxylic acids is 1. The van der Waals surface area contributed by atoms with Crippen molar-refractivity contribution in [1.82, 2.24) is 10.3 Å². The lowest BCUT2D eigenvalue weighted by Crippen LogP contribution is -2.39. The van der Waals surface area contributed by atoms with E-state index in [0.717, 1.165) is 18.4 Å². The van der Waals surface area contributed by atoms with Gasteiger partial charge in [-0.25, -0.2) is 0 Å². The average molecular weight is 459 g/mol. The van der Waals surface area contributed by atoms with Crippen molar-refractivity contribution in [3.8, 4) is 5.75 Å². The second kappa shape index (κ2) is 11.0. The molecule has 2 aliphatic heterocycles. The fourth-order valence-electron chi connectivity index (χ4n) is 4.16. The van der Waals surface area contributed by atoms with Crippen molar-refractivity contribution in [3.63, 3.8) is 0 Å². The van der Waals surface area contributed by atoms with Gasteiger partial charge in [-0.15, -0.1) is 24.8 Å². The molecule has 8 heteroatoms. The maximum Gasteiger partial charge on any atom is 0.224 e. The number of nitrogens with zero attached hydrogens (tertiary/aromatic N) is 1. The third-order valence-electron chi connectivity index (χ3n) is 5.38. The summed E-state index contributed by atoms with van der Waals surface area (Å²) in [5, 5.41) is 7.07. The van der Waals surface area contributed by atoms with Gasteiger partial charge in [-0.2, -0.15) is 0 Å². The summed E-state index contributed by atoms with van der Waals surface area (Å²) in [4.78, 5) is 16.5. The molecular weight excluding hydrogens is 433 g/mol. The van der Waals surface area contributed by atoms with Crippen molar-refractivity contribution in [3.05, 3.63) is 53.3 Å². The number of hydrogen-bond acceptors (Lipinski definition) is 4. The zero-order valence-corrected chi connectivity index (χ0v) is 18.4. The molecule has 29 heavy (non-hydrogen) atoms. The van der Waals surface area contributed by atoms with E-state index in [9.17, 15) is 4.79 Å². The van der Waals surface area contributed by atoms with Crippen LogP contribution in [0.25, 0.3) is 0 Å². The number of piperidine rings is 1. The fourth-order valence-corrected chi connectivity index (χ4v) is 4.39. The molecule has 1 aromatic heterocycles. The molecular formula is C21H26Cl3N3O2.